The van der Waals surface area contributed by atoms with Crippen molar-refractivity contribution in [1.82, 2.24) is 4.57 Å². The maximum absolute atomic E-state index is 6.03. The van der Waals surface area contributed by atoms with Crippen LogP contribution >= 0.6 is 0 Å². The molecule has 0 bridgehead atoms. The van der Waals surface area contributed by atoms with Crippen molar-refractivity contribution in [2.24, 2.45) is 5.73 Å². The molecule has 0 aliphatic heterocycles. The monoisotopic (exact) mass is 250 g/mol. The minimum Gasteiger partial charge on any atom is -0.351 e. The quantitative estimate of drug-likeness (QED) is 0.622. The van der Waals surface area contributed by atoms with Gasteiger partial charge in [-0.3, -0.25) is 0 Å². The van der Waals surface area contributed by atoms with Crippen LogP contribution in [0.4, 0.5) is 0 Å². The summed E-state index contributed by atoms with van der Waals surface area (Å²) in [6.45, 7) is 5.58. The highest BCUT2D eigenvalue weighted by Crippen LogP contribution is 2.10. The van der Waals surface area contributed by atoms with E-state index >= 15 is 0 Å². The van der Waals surface area contributed by atoms with E-state index in [-0.39, 0.29) is 0 Å². The molecule has 1 rings (SSSR count). The Balaban J connectivity index is 2.23. The molecule has 0 radical (unpaired) electrons. The molecular weight excluding hydrogens is 220 g/mol. The predicted octanol–water partition coefficient (Wildman–Crippen LogP) is 4.13. The van der Waals surface area contributed by atoms with Crippen LogP contribution in [-0.4, -0.2) is 10.6 Å². The van der Waals surface area contributed by atoms with Gasteiger partial charge in [0.15, 0.2) is 0 Å². The molecule has 2 heteroatoms. The van der Waals surface area contributed by atoms with Crippen molar-refractivity contribution in [1.29, 1.82) is 0 Å². The molecule has 0 fully saturated rings. The van der Waals surface area contributed by atoms with E-state index in [1.165, 1.54) is 44.2 Å². The molecule has 0 amide bonds. The number of unbranched alkanes of at least 4 members (excludes halogenated alkanes) is 5. The van der Waals surface area contributed by atoms with Crippen LogP contribution in [0.3, 0.4) is 0 Å². The fourth-order valence-electron chi connectivity index (χ4n) is 2.33. The number of nitrogens with two attached hydrogens (primary N) is 1. The van der Waals surface area contributed by atoms with Crippen molar-refractivity contribution < 1.29 is 0 Å². The highest BCUT2D eigenvalue weighted by Gasteiger charge is 2.05. The van der Waals surface area contributed by atoms with Gasteiger partial charge in [0.05, 0.1) is 0 Å². The summed E-state index contributed by atoms with van der Waals surface area (Å²) in [7, 11) is 0. The van der Waals surface area contributed by atoms with Crippen molar-refractivity contribution in [3.63, 3.8) is 0 Å². The summed E-state index contributed by atoms with van der Waals surface area (Å²) in [5.41, 5.74) is 7.43. The molecule has 0 saturated carbocycles. The zero-order valence-corrected chi connectivity index (χ0v) is 12.2. The van der Waals surface area contributed by atoms with Crippen molar-refractivity contribution >= 4 is 0 Å². The number of aromatic nitrogens is 1. The summed E-state index contributed by atoms with van der Waals surface area (Å²) >= 11 is 0. The van der Waals surface area contributed by atoms with Crippen LogP contribution in [0, 0.1) is 0 Å². The standard InChI is InChI=1S/C16H30N2/c1-3-5-6-7-8-9-12-18-13-10-11-16(18)14-15(17)4-2/h10-11,13,15H,3-9,12,14,17H2,1-2H3. The Morgan fingerprint density at radius 1 is 1.11 bits per heavy atom. The second-order valence-corrected chi connectivity index (χ2v) is 5.33. The van der Waals surface area contributed by atoms with E-state index < -0.39 is 0 Å². The van der Waals surface area contributed by atoms with E-state index in [2.05, 4.69) is 36.7 Å². The molecular formula is C16H30N2. The molecule has 0 spiro atoms. The summed E-state index contributed by atoms with van der Waals surface area (Å²) in [5, 5.41) is 0. The largest absolute Gasteiger partial charge is 0.351 e. The molecule has 1 unspecified atom stereocenters. The van der Waals surface area contributed by atoms with Crippen molar-refractivity contribution in [3.8, 4) is 0 Å². The Kier molecular flexibility index (Phi) is 7.83. The van der Waals surface area contributed by atoms with E-state index in [9.17, 15) is 0 Å². The van der Waals surface area contributed by atoms with Gasteiger partial charge in [0.25, 0.3) is 0 Å². The molecule has 2 N–H and O–H groups in total. The second-order valence-electron chi connectivity index (χ2n) is 5.33. The molecule has 104 valence electrons. The minimum absolute atomic E-state index is 0.309. The van der Waals surface area contributed by atoms with E-state index in [1.54, 1.807) is 0 Å². The molecule has 0 aliphatic rings. The van der Waals surface area contributed by atoms with Crippen LogP contribution in [0.2, 0.25) is 0 Å². The minimum atomic E-state index is 0.309. The number of rotatable bonds is 10. The van der Waals surface area contributed by atoms with Crippen molar-refractivity contribution in [2.45, 2.75) is 77.8 Å². The van der Waals surface area contributed by atoms with Gasteiger partial charge >= 0.3 is 0 Å². The Labute approximate surface area is 113 Å². The third kappa shape index (κ3) is 5.72. The smallest absolute Gasteiger partial charge is 0.0222 e. The van der Waals surface area contributed by atoms with Gasteiger partial charge in [0.1, 0.15) is 0 Å². The van der Waals surface area contributed by atoms with E-state index in [4.69, 9.17) is 5.73 Å². The highest BCUT2D eigenvalue weighted by molar-refractivity contribution is 5.08. The fourth-order valence-corrected chi connectivity index (χ4v) is 2.33. The summed E-state index contributed by atoms with van der Waals surface area (Å²) < 4.78 is 2.38. The second kappa shape index (κ2) is 9.21. The molecule has 2 nitrogen and oxygen atoms in total. The Hall–Kier alpha value is -0.760. The molecule has 1 aromatic heterocycles. The van der Waals surface area contributed by atoms with E-state index in [1.807, 2.05) is 0 Å². The lowest BCUT2D eigenvalue weighted by Gasteiger charge is -2.12. The molecule has 0 aliphatic carbocycles. The maximum atomic E-state index is 6.03. The lowest BCUT2D eigenvalue weighted by atomic mass is 10.1. The number of nitrogens with zero attached hydrogens (tertiary/aromatic N) is 1. The number of aryl methyl sites for hydroxylation is 1. The van der Waals surface area contributed by atoms with Crippen LogP contribution in [-0.2, 0) is 13.0 Å². The fraction of sp³-hybridized carbons (Fsp3) is 0.750. The van der Waals surface area contributed by atoms with Crippen LogP contribution < -0.4 is 5.73 Å². The van der Waals surface area contributed by atoms with Crippen LogP contribution in [0.5, 0.6) is 0 Å². The van der Waals surface area contributed by atoms with Gasteiger partial charge in [-0.05, 0) is 25.0 Å². The molecule has 1 aromatic rings. The summed E-state index contributed by atoms with van der Waals surface area (Å²) in [4.78, 5) is 0. The highest BCUT2D eigenvalue weighted by atomic mass is 15.0. The first-order valence-electron chi connectivity index (χ1n) is 7.67. The molecule has 18 heavy (non-hydrogen) atoms. The normalized spacial score (nSPS) is 12.8. The zero-order valence-electron chi connectivity index (χ0n) is 12.2. The van der Waals surface area contributed by atoms with Gasteiger partial charge in [0.2, 0.25) is 0 Å². The summed E-state index contributed by atoms with van der Waals surface area (Å²) in [6, 6.07) is 4.67. The maximum Gasteiger partial charge on any atom is 0.0222 e. The van der Waals surface area contributed by atoms with Gasteiger partial charge in [-0.2, -0.15) is 0 Å². The SMILES string of the molecule is CCCCCCCCn1cccc1CC(N)CC. The summed E-state index contributed by atoms with van der Waals surface area (Å²) in [5.74, 6) is 0. The third-order valence-corrected chi connectivity index (χ3v) is 3.67. The number of hydrogen-bond acceptors (Lipinski definition) is 1. The van der Waals surface area contributed by atoms with Crippen molar-refractivity contribution in [2.75, 3.05) is 0 Å². The topological polar surface area (TPSA) is 30.9 Å². The molecule has 0 aromatic carbocycles. The van der Waals surface area contributed by atoms with E-state index in [0.717, 1.165) is 19.4 Å². The molecule has 1 atom stereocenters. The first-order valence-corrected chi connectivity index (χ1v) is 7.67. The van der Waals surface area contributed by atoms with Gasteiger partial charge in [-0.15, -0.1) is 0 Å². The van der Waals surface area contributed by atoms with Gasteiger partial charge in [-0.25, -0.2) is 0 Å². The average Bonchev–Trinajstić information content (AvgIpc) is 2.81. The Morgan fingerprint density at radius 2 is 1.83 bits per heavy atom. The van der Waals surface area contributed by atoms with Crippen LogP contribution in [0.25, 0.3) is 0 Å². The Morgan fingerprint density at radius 3 is 2.56 bits per heavy atom. The predicted molar refractivity (Wildman–Crippen MR) is 79.8 cm³/mol. The van der Waals surface area contributed by atoms with Gasteiger partial charge in [0, 0.05) is 30.9 Å². The lowest BCUT2D eigenvalue weighted by molar-refractivity contribution is 0.536. The Bertz CT molecular complexity index is 304. The van der Waals surface area contributed by atoms with Crippen molar-refractivity contribution in [3.05, 3.63) is 24.0 Å². The number of hydrogen-bond donors (Lipinski definition) is 1. The van der Waals surface area contributed by atoms with Crippen LogP contribution in [0.1, 0.15) is 64.5 Å². The summed E-state index contributed by atoms with van der Waals surface area (Å²) in [6.07, 6.45) is 12.4. The van der Waals surface area contributed by atoms with Crippen LogP contribution in [0.15, 0.2) is 18.3 Å². The van der Waals surface area contributed by atoms with E-state index in [0.29, 0.717) is 6.04 Å². The van der Waals surface area contributed by atoms with Gasteiger partial charge < -0.3 is 10.3 Å². The lowest BCUT2D eigenvalue weighted by Crippen LogP contribution is -2.23. The average molecular weight is 250 g/mol. The first-order chi connectivity index (χ1) is 8.77. The zero-order chi connectivity index (χ0) is 13.2. The third-order valence-electron chi connectivity index (χ3n) is 3.67. The first kappa shape index (κ1) is 15.3. The molecule has 1 heterocycles. The van der Waals surface area contributed by atoms with Gasteiger partial charge in [-0.1, -0.05) is 46.0 Å². The molecule has 0 saturated heterocycles.